The Morgan fingerprint density at radius 3 is 1.65 bits per heavy atom. The zero-order valence-corrected chi connectivity index (χ0v) is 20.5. The van der Waals surface area contributed by atoms with Crippen LogP contribution in [-0.2, 0) is 0 Å². The van der Waals surface area contributed by atoms with Gasteiger partial charge in [-0.2, -0.15) is 0 Å². The third-order valence-electron chi connectivity index (χ3n) is 5.97. The molecule has 1 aromatic heterocycles. The number of phenols is 1. The topological polar surface area (TPSA) is 31.5 Å². The first-order valence-electron chi connectivity index (χ1n) is 11.6. The molecule has 0 unspecified atom stereocenters. The minimum atomic E-state index is 0. The molecule has 1 N–H and O–H groups in total. The van der Waals surface area contributed by atoms with Crippen LogP contribution >= 0.6 is 0 Å². The van der Waals surface area contributed by atoms with E-state index in [0.29, 0.717) is 5.75 Å². The Bertz CT molecular complexity index is 745. The fraction of sp³-hybridized carbons (Fsp3) is 0.690. The molecular formula is C29H53O2+. The van der Waals surface area contributed by atoms with Crippen molar-refractivity contribution < 1.29 is 9.52 Å². The highest BCUT2D eigenvalue weighted by Gasteiger charge is 2.19. The maximum Gasteiger partial charge on any atom is 0.363 e. The zero-order chi connectivity index (χ0) is 22.1. The molecule has 2 rings (SSSR count). The van der Waals surface area contributed by atoms with Gasteiger partial charge in [-0.05, 0) is 44.6 Å². The van der Waals surface area contributed by atoms with Crippen molar-refractivity contribution in [3.63, 3.8) is 0 Å². The van der Waals surface area contributed by atoms with E-state index in [0.717, 1.165) is 51.2 Å². The van der Waals surface area contributed by atoms with Crippen LogP contribution < -0.4 is 0 Å². The van der Waals surface area contributed by atoms with Crippen molar-refractivity contribution in [2.45, 2.75) is 116 Å². The first-order valence-corrected chi connectivity index (χ1v) is 11.6. The lowest BCUT2D eigenvalue weighted by Gasteiger charge is -2.12. The van der Waals surface area contributed by atoms with Crippen LogP contribution in [0.15, 0.2) is 16.5 Å². The van der Waals surface area contributed by atoms with Crippen LogP contribution in [-0.4, -0.2) is 5.11 Å². The second-order valence-corrected chi connectivity index (χ2v) is 9.77. The molecule has 0 saturated carbocycles. The largest absolute Gasteiger partial charge is 0.507 e. The number of phenolic OH excluding ortho intramolecular Hbond substituents is 1. The molecule has 2 nitrogen and oxygen atoms in total. The highest BCUT2D eigenvalue weighted by molar-refractivity contribution is 5.87. The number of rotatable bonds is 8. The predicted octanol–water partition coefficient (Wildman–Crippen LogP) is 10.2. The molecule has 0 bridgehead atoms. The van der Waals surface area contributed by atoms with Crippen molar-refractivity contribution in [1.82, 2.24) is 0 Å². The van der Waals surface area contributed by atoms with Crippen LogP contribution in [0.2, 0.25) is 0 Å². The molecule has 0 amide bonds. The summed E-state index contributed by atoms with van der Waals surface area (Å²) >= 11 is 0. The minimum Gasteiger partial charge on any atom is -0.507 e. The zero-order valence-electron chi connectivity index (χ0n) is 20.5. The SMILES string of the molecule is C.C.CC(C)CCCC(C)CCCC(C)C.Cc1ccc2c(C)c(O)c(C)c(C)c2[o+]1. The van der Waals surface area contributed by atoms with E-state index in [2.05, 4.69) is 34.6 Å². The maximum atomic E-state index is 9.91. The normalized spacial score (nSPS) is 10.7. The van der Waals surface area contributed by atoms with Gasteiger partial charge >= 0.3 is 11.3 Å². The van der Waals surface area contributed by atoms with Crippen molar-refractivity contribution in [3.8, 4) is 5.75 Å². The van der Waals surface area contributed by atoms with Crippen LogP contribution in [0, 0.1) is 45.4 Å². The summed E-state index contributed by atoms with van der Waals surface area (Å²) in [7, 11) is 0. The third kappa shape index (κ3) is 10.5. The molecule has 1 aromatic carbocycles. The van der Waals surface area contributed by atoms with E-state index in [1.807, 2.05) is 39.8 Å². The lowest BCUT2D eigenvalue weighted by atomic mass is 9.94. The summed E-state index contributed by atoms with van der Waals surface area (Å²) in [6.45, 7) is 19.4. The van der Waals surface area contributed by atoms with Gasteiger partial charge in [0.1, 0.15) is 5.75 Å². The van der Waals surface area contributed by atoms with E-state index in [4.69, 9.17) is 4.42 Å². The third-order valence-corrected chi connectivity index (χ3v) is 5.97. The number of hydrogen-bond acceptors (Lipinski definition) is 1. The molecular weight excluding hydrogens is 380 g/mol. The first kappa shape index (κ1) is 31.6. The lowest BCUT2D eigenvalue weighted by molar-refractivity contribution is 0.407. The molecule has 2 aromatic rings. The molecule has 0 aliphatic heterocycles. The summed E-state index contributed by atoms with van der Waals surface area (Å²) < 4.78 is 5.70. The maximum absolute atomic E-state index is 9.91. The van der Waals surface area contributed by atoms with Crippen molar-refractivity contribution in [1.29, 1.82) is 0 Å². The second-order valence-electron chi connectivity index (χ2n) is 9.77. The van der Waals surface area contributed by atoms with Gasteiger partial charge in [0.05, 0.1) is 17.9 Å². The standard InChI is InChI=1S/C14H30.C13H14O2.2CH4/c1-12(2)8-6-10-14(5)11-7-9-13(3)4;1-7-5-6-11-10(4)12(14)8(2)9(3)13(11)15-7;;/h12-14H,6-11H2,1-5H3;5-6H,1-4H3;2*1H4/p+1. The van der Waals surface area contributed by atoms with Crippen LogP contribution in [0.1, 0.15) is 110 Å². The average Bonchev–Trinajstić information content (AvgIpc) is 2.64. The molecule has 0 spiro atoms. The second kappa shape index (κ2) is 15.3. The fourth-order valence-corrected chi connectivity index (χ4v) is 3.75. The Hall–Kier alpha value is -1.57. The molecule has 0 fully saturated rings. The van der Waals surface area contributed by atoms with E-state index in [9.17, 15) is 5.11 Å². The van der Waals surface area contributed by atoms with Gasteiger partial charge in [0.15, 0.2) is 0 Å². The summed E-state index contributed by atoms with van der Waals surface area (Å²) in [5.74, 6) is 3.98. The summed E-state index contributed by atoms with van der Waals surface area (Å²) in [6.07, 6.45) is 8.57. The smallest absolute Gasteiger partial charge is 0.363 e. The van der Waals surface area contributed by atoms with Gasteiger partial charge in [-0.25, -0.2) is 4.42 Å². The molecule has 1 heterocycles. The number of fused-ring (bicyclic) bond motifs is 1. The van der Waals surface area contributed by atoms with Gasteiger partial charge < -0.3 is 5.11 Å². The number of hydrogen-bond donors (Lipinski definition) is 1. The molecule has 2 heteroatoms. The highest BCUT2D eigenvalue weighted by atomic mass is 16.3. The number of aromatic hydroxyl groups is 1. The monoisotopic (exact) mass is 433 g/mol. The number of aryl methyl sites for hydroxylation is 3. The summed E-state index contributed by atoms with van der Waals surface area (Å²) in [6, 6.07) is 3.92. The molecule has 0 atom stereocenters. The Morgan fingerprint density at radius 2 is 1.19 bits per heavy atom. The van der Waals surface area contributed by atoms with E-state index in [1.165, 1.54) is 38.5 Å². The molecule has 0 aliphatic carbocycles. The Morgan fingerprint density at radius 1 is 0.710 bits per heavy atom. The summed E-state index contributed by atoms with van der Waals surface area (Å²) in [5.41, 5.74) is 3.67. The van der Waals surface area contributed by atoms with E-state index in [1.54, 1.807) is 0 Å². The van der Waals surface area contributed by atoms with E-state index < -0.39 is 0 Å². The van der Waals surface area contributed by atoms with Crippen molar-refractivity contribution in [2.75, 3.05) is 0 Å². The highest BCUT2D eigenvalue weighted by Crippen LogP contribution is 2.34. The van der Waals surface area contributed by atoms with E-state index in [-0.39, 0.29) is 14.9 Å². The molecule has 31 heavy (non-hydrogen) atoms. The van der Waals surface area contributed by atoms with Gasteiger partial charge in [-0.3, -0.25) is 0 Å². The minimum absolute atomic E-state index is 0. The quantitative estimate of drug-likeness (QED) is 0.420. The van der Waals surface area contributed by atoms with Crippen LogP contribution in [0.5, 0.6) is 5.75 Å². The average molecular weight is 434 g/mol. The van der Waals surface area contributed by atoms with Gasteiger partial charge in [-0.1, -0.05) is 88.0 Å². The van der Waals surface area contributed by atoms with Crippen molar-refractivity contribution in [3.05, 3.63) is 34.6 Å². The fourth-order valence-electron chi connectivity index (χ4n) is 3.75. The Kier molecular flexibility index (Phi) is 15.6. The van der Waals surface area contributed by atoms with Gasteiger partial charge in [0.2, 0.25) is 0 Å². The predicted molar refractivity (Wildman–Crippen MR) is 141 cm³/mol. The van der Waals surface area contributed by atoms with Gasteiger partial charge in [0.25, 0.3) is 0 Å². The molecule has 0 radical (unpaired) electrons. The van der Waals surface area contributed by atoms with Crippen LogP contribution in [0.4, 0.5) is 0 Å². The Labute approximate surface area is 194 Å². The van der Waals surface area contributed by atoms with Gasteiger partial charge in [-0.15, -0.1) is 0 Å². The van der Waals surface area contributed by atoms with Gasteiger partial charge in [0, 0.05) is 17.2 Å². The van der Waals surface area contributed by atoms with Crippen molar-refractivity contribution >= 4 is 11.0 Å². The lowest BCUT2D eigenvalue weighted by Crippen LogP contribution is -1.98. The van der Waals surface area contributed by atoms with E-state index >= 15 is 0 Å². The molecule has 0 saturated heterocycles. The number of benzene rings is 1. The first-order chi connectivity index (χ1) is 13.5. The van der Waals surface area contributed by atoms with Crippen molar-refractivity contribution in [2.24, 2.45) is 17.8 Å². The molecule has 0 aliphatic rings. The summed E-state index contributed by atoms with van der Waals surface area (Å²) in [4.78, 5) is 0. The summed E-state index contributed by atoms with van der Waals surface area (Å²) in [5, 5.41) is 10.9. The Balaban J connectivity index is 0. The van der Waals surface area contributed by atoms with Crippen LogP contribution in [0.3, 0.4) is 0 Å². The molecule has 180 valence electrons. The van der Waals surface area contributed by atoms with Crippen LogP contribution in [0.25, 0.3) is 11.0 Å².